The summed E-state index contributed by atoms with van der Waals surface area (Å²) in [6, 6.07) is 10.7. The Morgan fingerprint density at radius 2 is 1.90 bits per heavy atom. The molecule has 2 fully saturated rings. The quantitative estimate of drug-likeness (QED) is 0.349. The molecule has 2 aromatic carbocycles. The molecule has 5 rings (SSSR count). The van der Waals surface area contributed by atoms with Gasteiger partial charge in [-0.15, -0.1) is 11.3 Å². The van der Waals surface area contributed by atoms with Crippen LogP contribution in [0.2, 0.25) is 0 Å². The number of amides is 2. The lowest BCUT2D eigenvalue weighted by Gasteiger charge is -2.29. The number of benzene rings is 2. The molecule has 41 heavy (non-hydrogen) atoms. The first-order valence-electron chi connectivity index (χ1n) is 13.8. The molecule has 0 aliphatic carbocycles. The molecule has 3 N–H and O–H groups in total. The van der Waals surface area contributed by atoms with E-state index in [1.54, 1.807) is 4.90 Å². The van der Waals surface area contributed by atoms with Crippen LogP contribution in [0, 0.1) is 6.92 Å². The van der Waals surface area contributed by atoms with Crippen molar-refractivity contribution in [3.05, 3.63) is 86.9 Å². The summed E-state index contributed by atoms with van der Waals surface area (Å²) in [7, 11) is 0. The van der Waals surface area contributed by atoms with Gasteiger partial charge in [-0.2, -0.15) is 13.2 Å². The van der Waals surface area contributed by atoms with Gasteiger partial charge in [0.2, 0.25) is 0 Å². The molecule has 3 aromatic rings. The Balaban J connectivity index is 1.43. The second-order valence-electron chi connectivity index (χ2n) is 10.7. The van der Waals surface area contributed by atoms with Gasteiger partial charge >= 0.3 is 6.18 Å². The maximum absolute atomic E-state index is 14.0. The summed E-state index contributed by atoms with van der Waals surface area (Å²) in [6.45, 7) is 2.98. The van der Waals surface area contributed by atoms with Gasteiger partial charge in [-0.05, 0) is 69.3 Å². The molecule has 1 aromatic heterocycles. The van der Waals surface area contributed by atoms with Gasteiger partial charge in [0.1, 0.15) is 5.01 Å². The molecular formula is C30H33F3N4O3S. The molecule has 0 unspecified atom stereocenters. The molecule has 4 atom stereocenters. The Bertz CT molecular complexity index is 1370. The van der Waals surface area contributed by atoms with Crippen LogP contribution in [0.5, 0.6) is 0 Å². The Morgan fingerprint density at radius 1 is 1.15 bits per heavy atom. The van der Waals surface area contributed by atoms with Crippen LogP contribution in [-0.4, -0.2) is 58.1 Å². The fourth-order valence-electron chi connectivity index (χ4n) is 5.66. The standard InChI is InChI=1S/C30H33F3N4O3S/c1-18-17-41-28(35-18)25-10-6-12-37(25)29(40)21-14-20(15-22(16-21)30(31,32)33)27(39)36-24(13-19-7-3-2-4-8-19)26(38)23-9-5-11-34-23/h2-4,7-8,14-17,23-26,34,38H,5-6,9-13H2,1H3,(H,36,39)/t23-,24+,25+,26+/m0/s1. The summed E-state index contributed by atoms with van der Waals surface area (Å²) < 4.78 is 41.9. The van der Waals surface area contributed by atoms with E-state index in [0.29, 0.717) is 25.8 Å². The summed E-state index contributed by atoms with van der Waals surface area (Å²) >= 11 is 1.42. The van der Waals surface area contributed by atoms with E-state index in [2.05, 4.69) is 15.6 Å². The normalized spacial score (nSPS) is 20.7. The predicted molar refractivity (Wildman–Crippen MR) is 150 cm³/mol. The summed E-state index contributed by atoms with van der Waals surface area (Å²) in [6.07, 6.45) is -2.46. The molecule has 0 radical (unpaired) electrons. The van der Waals surface area contributed by atoms with Crippen molar-refractivity contribution in [3.63, 3.8) is 0 Å². The van der Waals surface area contributed by atoms with Crippen LogP contribution in [-0.2, 0) is 12.6 Å². The zero-order chi connectivity index (χ0) is 29.1. The first kappa shape index (κ1) is 29.2. The highest BCUT2D eigenvalue weighted by Crippen LogP contribution is 2.36. The van der Waals surface area contributed by atoms with E-state index in [1.165, 1.54) is 17.4 Å². The van der Waals surface area contributed by atoms with Crippen molar-refractivity contribution in [2.75, 3.05) is 13.1 Å². The number of carbonyl (C=O) groups is 2. The Hall–Kier alpha value is -3.28. The Labute approximate surface area is 240 Å². The van der Waals surface area contributed by atoms with Crippen LogP contribution >= 0.6 is 11.3 Å². The lowest BCUT2D eigenvalue weighted by Crippen LogP contribution is -2.52. The number of alkyl halides is 3. The fourth-order valence-corrected chi connectivity index (χ4v) is 6.61. The topological polar surface area (TPSA) is 94.6 Å². The average Bonchev–Trinajstić information content (AvgIpc) is 3.74. The van der Waals surface area contributed by atoms with Crippen LogP contribution in [0.4, 0.5) is 13.2 Å². The van der Waals surface area contributed by atoms with Crippen LogP contribution in [0.25, 0.3) is 0 Å². The number of carbonyl (C=O) groups excluding carboxylic acids is 2. The highest BCUT2D eigenvalue weighted by molar-refractivity contribution is 7.09. The van der Waals surface area contributed by atoms with Gasteiger partial charge in [0.25, 0.3) is 11.8 Å². The van der Waals surface area contributed by atoms with Crippen molar-refractivity contribution >= 4 is 23.2 Å². The zero-order valence-electron chi connectivity index (χ0n) is 22.7. The molecule has 7 nitrogen and oxygen atoms in total. The zero-order valence-corrected chi connectivity index (χ0v) is 23.5. The summed E-state index contributed by atoms with van der Waals surface area (Å²) in [5, 5.41) is 19.8. The number of hydrogen-bond acceptors (Lipinski definition) is 6. The van der Waals surface area contributed by atoms with Gasteiger partial charge in [-0.25, -0.2) is 4.98 Å². The minimum Gasteiger partial charge on any atom is -0.389 e. The number of aliphatic hydroxyl groups excluding tert-OH is 1. The van der Waals surface area contributed by atoms with Gasteiger partial charge in [-0.1, -0.05) is 30.3 Å². The van der Waals surface area contributed by atoms with E-state index in [1.807, 2.05) is 42.6 Å². The number of aliphatic hydroxyl groups is 1. The molecule has 0 spiro atoms. The third-order valence-corrected chi connectivity index (χ3v) is 8.81. The number of likely N-dealkylation sites (tertiary alicyclic amines) is 1. The lowest BCUT2D eigenvalue weighted by molar-refractivity contribution is -0.137. The lowest BCUT2D eigenvalue weighted by atomic mass is 9.94. The first-order chi connectivity index (χ1) is 19.6. The maximum atomic E-state index is 14.0. The monoisotopic (exact) mass is 586 g/mol. The van der Waals surface area contributed by atoms with Crippen molar-refractivity contribution in [2.24, 2.45) is 0 Å². The number of thiazole rings is 1. The third kappa shape index (κ3) is 6.79. The Kier molecular flexibility index (Phi) is 8.77. The molecule has 218 valence electrons. The van der Waals surface area contributed by atoms with Crippen molar-refractivity contribution in [1.82, 2.24) is 20.5 Å². The number of aryl methyl sites for hydroxylation is 1. The van der Waals surface area contributed by atoms with E-state index in [9.17, 15) is 27.9 Å². The Morgan fingerprint density at radius 3 is 2.56 bits per heavy atom. The van der Waals surface area contributed by atoms with Gasteiger partial charge in [0.05, 0.1) is 23.8 Å². The van der Waals surface area contributed by atoms with E-state index in [-0.39, 0.29) is 23.2 Å². The smallest absolute Gasteiger partial charge is 0.389 e. The number of hydrogen-bond donors (Lipinski definition) is 3. The number of nitrogens with zero attached hydrogens (tertiary/aromatic N) is 2. The average molecular weight is 587 g/mol. The molecule has 3 heterocycles. The number of aromatic nitrogens is 1. The van der Waals surface area contributed by atoms with Gasteiger partial charge < -0.3 is 20.6 Å². The van der Waals surface area contributed by atoms with E-state index < -0.39 is 35.7 Å². The first-order valence-corrected chi connectivity index (χ1v) is 14.7. The minimum absolute atomic E-state index is 0.206. The SMILES string of the molecule is Cc1csc([C@H]2CCCN2C(=O)c2cc(C(=O)N[C@H](Cc3ccccc3)[C@H](O)[C@@H]3CCCN3)cc(C(F)(F)F)c2)n1. The molecule has 0 bridgehead atoms. The third-order valence-electron chi connectivity index (χ3n) is 7.74. The molecule has 11 heteroatoms. The van der Waals surface area contributed by atoms with Crippen molar-refractivity contribution in [2.45, 2.75) is 69.4 Å². The molecular weight excluding hydrogens is 553 g/mol. The second-order valence-corrected chi connectivity index (χ2v) is 11.6. The van der Waals surface area contributed by atoms with Crippen molar-refractivity contribution in [3.8, 4) is 0 Å². The van der Waals surface area contributed by atoms with Crippen LogP contribution < -0.4 is 10.6 Å². The second kappa shape index (κ2) is 12.3. The molecule has 2 amide bonds. The van der Waals surface area contributed by atoms with E-state index in [4.69, 9.17) is 0 Å². The van der Waals surface area contributed by atoms with Gasteiger partial charge in [-0.3, -0.25) is 9.59 Å². The molecule has 2 aliphatic heterocycles. The minimum atomic E-state index is -4.77. The van der Waals surface area contributed by atoms with Gasteiger partial charge in [0, 0.05) is 34.8 Å². The summed E-state index contributed by atoms with van der Waals surface area (Å²) in [5.74, 6) is -1.35. The number of nitrogens with one attached hydrogen (secondary N) is 2. The van der Waals surface area contributed by atoms with Crippen molar-refractivity contribution < 1.29 is 27.9 Å². The van der Waals surface area contributed by atoms with E-state index >= 15 is 0 Å². The summed E-state index contributed by atoms with van der Waals surface area (Å²) in [5.41, 5.74) is 0.123. The molecule has 2 aliphatic rings. The largest absolute Gasteiger partial charge is 0.416 e. The van der Waals surface area contributed by atoms with Crippen LogP contribution in [0.3, 0.4) is 0 Å². The summed E-state index contributed by atoms with van der Waals surface area (Å²) in [4.78, 5) is 33.1. The fraction of sp³-hybridized carbons (Fsp3) is 0.433. The molecule has 0 saturated carbocycles. The van der Waals surface area contributed by atoms with Crippen LogP contribution in [0.1, 0.15) is 74.3 Å². The number of halogens is 3. The molecule has 2 saturated heterocycles. The highest BCUT2D eigenvalue weighted by atomic mass is 32.1. The predicted octanol–water partition coefficient (Wildman–Crippen LogP) is 4.90. The maximum Gasteiger partial charge on any atom is 0.416 e. The number of rotatable bonds is 8. The van der Waals surface area contributed by atoms with Crippen LogP contribution in [0.15, 0.2) is 53.9 Å². The van der Waals surface area contributed by atoms with Gasteiger partial charge in [0.15, 0.2) is 0 Å². The van der Waals surface area contributed by atoms with E-state index in [0.717, 1.165) is 47.8 Å². The van der Waals surface area contributed by atoms with Crippen molar-refractivity contribution in [1.29, 1.82) is 0 Å². The highest BCUT2D eigenvalue weighted by Gasteiger charge is 2.37.